The van der Waals surface area contributed by atoms with Gasteiger partial charge in [-0.1, -0.05) is 0 Å². The maximum atomic E-state index is 5.59. The van der Waals surface area contributed by atoms with E-state index < -0.39 is 0 Å². The summed E-state index contributed by atoms with van der Waals surface area (Å²) in [6, 6.07) is 7.94. The fourth-order valence-electron chi connectivity index (χ4n) is 1.66. The predicted octanol–water partition coefficient (Wildman–Crippen LogP) is 2.57. The van der Waals surface area contributed by atoms with E-state index >= 15 is 0 Å². The van der Waals surface area contributed by atoms with Crippen LogP contribution in [0.2, 0.25) is 0 Å². The number of rotatable bonds is 12. The van der Waals surface area contributed by atoms with Crippen molar-refractivity contribution < 1.29 is 18.9 Å². The van der Waals surface area contributed by atoms with E-state index in [1.807, 2.05) is 38.1 Å². The Bertz CT molecular complexity index is 354. The van der Waals surface area contributed by atoms with Crippen molar-refractivity contribution >= 4 is 5.69 Å². The molecule has 0 saturated carbocycles. The summed E-state index contributed by atoms with van der Waals surface area (Å²) in [5.74, 6) is 0.889. The maximum absolute atomic E-state index is 5.59. The van der Waals surface area contributed by atoms with Gasteiger partial charge in [-0.15, -0.1) is 0 Å². The van der Waals surface area contributed by atoms with Crippen molar-refractivity contribution in [2.45, 2.75) is 20.0 Å². The summed E-state index contributed by atoms with van der Waals surface area (Å²) in [5.41, 5.74) is 1.06. The van der Waals surface area contributed by atoms with Crippen LogP contribution in [0, 0.1) is 0 Å². The Hall–Kier alpha value is -1.30. The highest BCUT2D eigenvalue weighted by atomic mass is 16.5. The van der Waals surface area contributed by atoms with E-state index in [2.05, 4.69) is 5.32 Å². The third kappa shape index (κ3) is 9.28. The standard InChI is InChI=1S/C16H27NO4/c1-14(2)21-16-6-4-15(5-7-16)17-8-9-19-12-13-20-11-10-18-3/h4-7,14,17H,8-13H2,1-3H3. The number of ether oxygens (including phenoxy) is 4. The van der Waals surface area contributed by atoms with E-state index in [0.717, 1.165) is 18.0 Å². The van der Waals surface area contributed by atoms with Crippen molar-refractivity contribution in [1.29, 1.82) is 0 Å². The summed E-state index contributed by atoms with van der Waals surface area (Å²) in [6.07, 6.45) is 0.198. The Labute approximate surface area is 127 Å². The molecule has 0 amide bonds. The van der Waals surface area contributed by atoms with Crippen molar-refractivity contribution in [3.63, 3.8) is 0 Å². The summed E-state index contributed by atoms with van der Waals surface area (Å²) in [6.45, 7) is 7.89. The van der Waals surface area contributed by atoms with Gasteiger partial charge in [0, 0.05) is 19.3 Å². The summed E-state index contributed by atoms with van der Waals surface area (Å²) in [4.78, 5) is 0. The minimum absolute atomic E-state index is 0.198. The molecule has 0 radical (unpaired) electrons. The minimum atomic E-state index is 0.198. The van der Waals surface area contributed by atoms with E-state index in [1.165, 1.54) is 0 Å². The van der Waals surface area contributed by atoms with Gasteiger partial charge in [0.2, 0.25) is 0 Å². The zero-order valence-electron chi connectivity index (χ0n) is 13.3. The lowest BCUT2D eigenvalue weighted by Gasteiger charge is -2.11. The summed E-state index contributed by atoms with van der Waals surface area (Å²) < 4.78 is 21.2. The van der Waals surface area contributed by atoms with Gasteiger partial charge in [-0.05, 0) is 38.1 Å². The van der Waals surface area contributed by atoms with Crippen LogP contribution in [0.1, 0.15) is 13.8 Å². The molecule has 1 aromatic carbocycles. The second-order valence-electron chi connectivity index (χ2n) is 4.84. The van der Waals surface area contributed by atoms with Crippen molar-refractivity contribution in [1.82, 2.24) is 0 Å². The van der Waals surface area contributed by atoms with Crippen LogP contribution in [0.5, 0.6) is 5.75 Å². The van der Waals surface area contributed by atoms with Gasteiger partial charge in [0.05, 0.1) is 39.1 Å². The number of nitrogens with one attached hydrogen (secondary N) is 1. The average molecular weight is 297 g/mol. The van der Waals surface area contributed by atoms with Gasteiger partial charge < -0.3 is 24.3 Å². The average Bonchev–Trinajstić information content (AvgIpc) is 2.47. The van der Waals surface area contributed by atoms with E-state index in [9.17, 15) is 0 Å². The molecule has 120 valence electrons. The van der Waals surface area contributed by atoms with Crippen LogP contribution in [0.25, 0.3) is 0 Å². The molecule has 0 heterocycles. The molecule has 0 atom stereocenters. The molecule has 0 unspecified atom stereocenters. The van der Waals surface area contributed by atoms with Gasteiger partial charge in [0.25, 0.3) is 0 Å². The van der Waals surface area contributed by atoms with E-state index in [-0.39, 0.29) is 6.10 Å². The normalized spacial score (nSPS) is 10.9. The van der Waals surface area contributed by atoms with E-state index in [1.54, 1.807) is 7.11 Å². The Balaban J connectivity index is 2.02. The molecule has 0 aromatic heterocycles. The molecule has 1 N–H and O–H groups in total. The number of hydrogen-bond acceptors (Lipinski definition) is 5. The molecule has 1 rings (SSSR count). The molecule has 5 nitrogen and oxygen atoms in total. The fourth-order valence-corrected chi connectivity index (χ4v) is 1.66. The second-order valence-corrected chi connectivity index (χ2v) is 4.84. The van der Waals surface area contributed by atoms with E-state index in [0.29, 0.717) is 33.0 Å². The molecular formula is C16H27NO4. The molecule has 0 aliphatic heterocycles. The van der Waals surface area contributed by atoms with Crippen LogP contribution in [0.3, 0.4) is 0 Å². The third-order valence-corrected chi connectivity index (χ3v) is 2.61. The smallest absolute Gasteiger partial charge is 0.119 e. The van der Waals surface area contributed by atoms with Gasteiger partial charge in [-0.25, -0.2) is 0 Å². The molecule has 0 aliphatic rings. The Morgan fingerprint density at radius 1 is 0.905 bits per heavy atom. The van der Waals surface area contributed by atoms with Gasteiger partial charge in [0.1, 0.15) is 5.75 Å². The van der Waals surface area contributed by atoms with Gasteiger partial charge in [-0.2, -0.15) is 0 Å². The first kappa shape index (κ1) is 17.8. The lowest BCUT2D eigenvalue weighted by molar-refractivity contribution is 0.0272. The van der Waals surface area contributed by atoms with Crippen molar-refractivity contribution in [2.75, 3.05) is 52.0 Å². The van der Waals surface area contributed by atoms with Gasteiger partial charge in [-0.3, -0.25) is 0 Å². The quantitative estimate of drug-likeness (QED) is 0.601. The van der Waals surface area contributed by atoms with Crippen LogP contribution < -0.4 is 10.1 Å². The largest absolute Gasteiger partial charge is 0.491 e. The zero-order valence-corrected chi connectivity index (χ0v) is 13.3. The zero-order chi connectivity index (χ0) is 15.3. The molecule has 0 fully saturated rings. The number of hydrogen-bond donors (Lipinski definition) is 1. The number of methoxy groups -OCH3 is 1. The SMILES string of the molecule is COCCOCCOCCNc1ccc(OC(C)C)cc1. The predicted molar refractivity (Wildman–Crippen MR) is 84.2 cm³/mol. The van der Waals surface area contributed by atoms with Crippen molar-refractivity contribution in [3.8, 4) is 5.75 Å². The lowest BCUT2D eigenvalue weighted by atomic mass is 10.3. The summed E-state index contributed by atoms with van der Waals surface area (Å²) in [7, 11) is 1.66. The molecule has 0 saturated heterocycles. The fraction of sp³-hybridized carbons (Fsp3) is 0.625. The summed E-state index contributed by atoms with van der Waals surface area (Å²) >= 11 is 0. The first-order valence-electron chi connectivity index (χ1n) is 7.37. The molecule has 1 aromatic rings. The monoisotopic (exact) mass is 297 g/mol. The molecule has 0 aliphatic carbocycles. The minimum Gasteiger partial charge on any atom is -0.491 e. The Kier molecular flexibility index (Phi) is 9.61. The van der Waals surface area contributed by atoms with Crippen LogP contribution in [0.15, 0.2) is 24.3 Å². The topological polar surface area (TPSA) is 49.0 Å². The maximum Gasteiger partial charge on any atom is 0.119 e. The van der Waals surface area contributed by atoms with Gasteiger partial charge >= 0.3 is 0 Å². The van der Waals surface area contributed by atoms with Gasteiger partial charge in [0.15, 0.2) is 0 Å². The van der Waals surface area contributed by atoms with Crippen LogP contribution in [-0.4, -0.2) is 52.8 Å². The Morgan fingerprint density at radius 2 is 1.52 bits per heavy atom. The third-order valence-electron chi connectivity index (χ3n) is 2.61. The Morgan fingerprint density at radius 3 is 2.14 bits per heavy atom. The molecule has 0 spiro atoms. The van der Waals surface area contributed by atoms with Crippen LogP contribution in [-0.2, 0) is 14.2 Å². The first-order chi connectivity index (χ1) is 10.2. The first-order valence-corrected chi connectivity index (χ1v) is 7.37. The van der Waals surface area contributed by atoms with E-state index in [4.69, 9.17) is 18.9 Å². The highest BCUT2D eigenvalue weighted by molar-refractivity contribution is 5.46. The van der Waals surface area contributed by atoms with Crippen molar-refractivity contribution in [2.24, 2.45) is 0 Å². The molecule has 0 bridgehead atoms. The molecule has 21 heavy (non-hydrogen) atoms. The summed E-state index contributed by atoms with van der Waals surface area (Å²) in [5, 5.41) is 3.30. The van der Waals surface area contributed by atoms with Crippen LogP contribution >= 0.6 is 0 Å². The number of benzene rings is 1. The van der Waals surface area contributed by atoms with Crippen LogP contribution in [0.4, 0.5) is 5.69 Å². The number of anilines is 1. The lowest BCUT2D eigenvalue weighted by Crippen LogP contribution is -2.13. The van der Waals surface area contributed by atoms with Crippen molar-refractivity contribution in [3.05, 3.63) is 24.3 Å². The molecule has 5 heteroatoms. The molecular weight excluding hydrogens is 270 g/mol. The second kappa shape index (κ2) is 11.4. The highest BCUT2D eigenvalue weighted by Crippen LogP contribution is 2.16. The highest BCUT2D eigenvalue weighted by Gasteiger charge is 1.98.